The standard InChI is InChI=1S/C103H89B2N11/c1-57-23-17-38-76-96-84(57)89-72-37-22-49-110-101(72)111(64-29-9-4-10-30-64)103(89)116(96)83-56-62(78-41-13-15-46-106-78)53-80-91(83)104(76)74-39-19-34-69-87-73-52-61(43-44-68(73)86(59-26-7-3-8-27-59)98(87)113(80)94(69)74)60-28-18-31-65(51-60)112-100-71(36-21-48-109-100)88-70-35-20-40-75-95(70)115(102(88)112)82-55-63(79-42-14-16-47-107-79)54-81-92(82)105(75)77-45-50-108-93-90-67-33-12-11-32-66(67)85(58-24-5-2-6-25-58)99(90)114(81)97(77)93/h2-10,13-19,22-31,34,37-39,41-44,46-47,49,51-53,56,63,66-67,70-71,75,77,81-82,85-86,92-93,95,97,100,108-109H,1,11-12,20-21,32-33,35-36,40,45,48,50,54-55H2. The van der Waals surface area contributed by atoms with Crippen molar-refractivity contribution in [2.24, 2.45) is 23.7 Å². The molecule has 9 aliphatic heterocycles. The number of benzene rings is 7. The van der Waals surface area contributed by atoms with E-state index in [9.17, 15) is 0 Å². The maximum atomic E-state index is 5.40. The molecule has 0 bridgehead atoms. The second kappa shape index (κ2) is 24.0. The highest BCUT2D eigenvalue weighted by Gasteiger charge is 2.72. The van der Waals surface area contributed by atoms with Crippen molar-refractivity contribution in [3.63, 3.8) is 0 Å². The van der Waals surface area contributed by atoms with Crippen molar-refractivity contribution in [1.29, 1.82) is 0 Å². The molecular weight excluding hydrogens is 1410 g/mol. The molecule has 0 spiro atoms. The summed E-state index contributed by atoms with van der Waals surface area (Å²) >= 11 is 0. The van der Waals surface area contributed by atoms with E-state index in [4.69, 9.17) is 21.5 Å². The fourth-order valence-electron chi connectivity index (χ4n) is 29.0. The first-order valence-corrected chi connectivity index (χ1v) is 44.1. The first kappa shape index (κ1) is 65.0. The van der Waals surface area contributed by atoms with Crippen molar-refractivity contribution < 1.29 is 0 Å². The van der Waals surface area contributed by atoms with Gasteiger partial charge < -0.3 is 24.6 Å². The number of para-hydroxylation sites is 2. The van der Waals surface area contributed by atoms with Gasteiger partial charge in [0.15, 0.2) is 6.71 Å². The number of aromatic nitrogens is 6. The minimum Gasteiger partial charge on any atom is -0.367 e. The van der Waals surface area contributed by atoms with Crippen LogP contribution in [0.1, 0.15) is 134 Å². The van der Waals surface area contributed by atoms with Gasteiger partial charge in [-0.2, -0.15) is 0 Å². The van der Waals surface area contributed by atoms with E-state index >= 15 is 0 Å². The van der Waals surface area contributed by atoms with Crippen LogP contribution < -0.4 is 26.5 Å². The summed E-state index contributed by atoms with van der Waals surface area (Å²) in [6.45, 7) is 7.74. The third-order valence-electron chi connectivity index (χ3n) is 32.5. The van der Waals surface area contributed by atoms with Crippen LogP contribution >= 0.6 is 0 Å². The number of allylic oxidation sites excluding steroid dienone is 5. The van der Waals surface area contributed by atoms with Crippen molar-refractivity contribution in [2.75, 3.05) is 18.0 Å². The second-order valence-corrected chi connectivity index (χ2v) is 37.1. The molecular formula is C103H89B2N11. The number of fused-ring (bicyclic) bond motifs is 26. The van der Waals surface area contributed by atoms with Crippen LogP contribution in [0.15, 0.2) is 278 Å². The molecule has 11 nitrogen and oxygen atoms in total. The highest BCUT2D eigenvalue weighted by molar-refractivity contribution is 7.03. The molecule has 6 aliphatic carbocycles. The topological polar surface area (TPSA) is 87.2 Å². The van der Waals surface area contributed by atoms with Gasteiger partial charge >= 0.3 is 0 Å². The van der Waals surface area contributed by atoms with Crippen molar-refractivity contribution >= 4 is 74.1 Å². The number of hydrogen-bond acceptors (Lipinski definition) is 8. The molecule has 562 valence electrons. The summed E-state index contributed by atoms with van der Waals surface area (Å²) in [5.41, 5.74) is 34.9. The molecule has 7 fully saturated rings. The van der Waals surface area contributed by atoms with E-state index in [1.165, 1.54) is 172 Å². The zero-order valence-corrected chi connectivity index (χ0v) is 65.2. The Bertz CT molecular complexity index is 6570. The molecule has 2 N–H and O–H groups in total. The van der Waals surface area contributed by atoms with Crippen LogP contribution in [0.4, 0.5) is 5.69 Å². The van der Waals surface area contributed by atoms with E-state index in [2.05, 4.69) is 270 Å². The molecule has 15 aliphatic rings. The Balaban J connectivity index is 0.618. The van der Waals surface area contributed by atoms with E-state index in [-0.39, 0.29) is 18.8 Å². The Morgan fingerprint density at radius 2 is 1.28 bits per heavy atom. The fraction of sp³-hybridized carbons (Fsp3) is 0.291. The Morgan fingerprint density at radius 1 is 0.534 bits per heavy atom. The van der Waals surface area contributed by atoms with Crippen LogP contribution in [0.2, 0.25) is 17.5 Å². The average Bonchev–Trinajstić information content (AvgIpc) is 1.48. The molecule has 16 unspecified atom stereocenters. The molecule has 116 heavy (non-hydrogen) atoms. The fourth-order valence-corrected chi connectivity index (χ4v) is 29.0. The number of rotatable bonds is 7. The summed E-state index contributed by atoms with van der Waals surface area (Å²) in [7, 11) is 0. The number of hydrogen-bond donors (Lipinski definition) is 2. The Labute approximate surface area is 677 Å². The average molecular weight is 1500 g/mol. The van der Waals surface area contributed by atoms with E-state index in [1.807, 2.05) is 29.6 Å². The Hall–Kier alpha value is -11.2. The van der Waals surface area contributed by atoms with Gasteiger partial charge in [0, 0.05) is 145 Å². The van der Waals surface area contributed by atoms with Crippen molar-refractivity contribution in [3.05, 3.63) is 318 Å². The van der Waals surface area contributed by atoms with E-state index < -0.39 is 0 Å². The molecule has 16 atom stereocenters. The molecule has 15 heterocycles. The number of nitrogens with zero attached hydrogens (tertiary/aromatic N) is 9. The zero-order chi connectivity index (χ0) is 75.2. The summed E-state index contributed by atoms with van der Waals surface area (Å²) < 4.78 is 7.75. The molecule has 0 amide bonds. The van der Waals surface area contributed by atoms with E-state index in [0.717, 1.165) is 70.3 Å². The normalized spacial score (nSPS) is 29.2. The molecule has 6 aromatic heterocycles. The highest BCUT2D eigenvalue weighted by atomic mass is 15.5. The van der Waals surface area contributed by atoms with Crippen LogP contribution in [0.25, 0.3) is 94.6 Å². The van der Waals surface area contributed by atoms with Gasteiger partial charge in [0.1, 0.15) is 17.1 Å². The van der Waals surface area contributed by atoms with Crippen LogP contribution in [-0.4, -0.2) is 101 Å². The molecule has 13 heteroatoms. The number of anilines is 1. The monoisotopic (exact) mass is 1500 g/mol. The molecule has 13 aromatic rings. The van der Waals surface area contributed by atoms with E-state index in [0.29, 0.717) is 83.2 Å². The van der Waals surface area contributed by atoms with Gasteiger partial charge in [0.05, 0.1) is 29.5 Å². The summed E-state index contributed by atoms with van der Waals surface area (Å²) in [6, 6.07) is 84.1. The van der Waals surface area contributed by atoms with Crippen molar-refractivity contribution in [1.82, 2.24) is 49.1 Å². The summed E-state index contributed by atoms with van der Waals surface area (Å²) in [6.07, 6.45) is 28.7. The van der Waals surface area contributed by atoms with Crippen molar-refractivity contribution in [3.8, 4) is 50.6 Å². The van der Waals surface area contributed by atoms with E-state index in [1.54, 1.807) is 17.1 Å². The summed E-state index contributed by atoms with van der Waals surface area (Å²) in [4.78, 5) is 25.4. The number of pyridine rings is 3. The van der Waals surface area contributed by atoms with Gasteiger partial charge in [-0.05, 0) is 239 Å². The van der Waals surface area contributed by atoms with Crippen LogP contribution in [0, 0.1) is 23.7 Å². The maximum absolute atomic E-state index is 5.40. The zero-order valence-electron chi connectivity index (χ0n) is 65.2. The minimum absolute atomic E-state index is 0.0606. The van der Waals surface area contributed by atoms with Gasteiger partial charge in [0.25, 0.3) is 6.71 Å². The van der Waals surface area contributed by atoms with Gasteiger partial charge in [0.2, 0.25) is 0 Å². The lowest BCUT2D eigenvalue weighted by atomic mass is 9.18. The first-order valence-electron chi connectivity index (χ1n) is 44.1. The maximum Gasteiger partial charge on any atom is 0.252 e. The number of nitrogens with one attached hydrogen (secondary N) is 2. The van der Waals surface area contributed by atoms with Gasteiger partial charge in [-0.25, -0.2) is 4.98 Å². The van der Waals surface area contributed by atoms with Gasteiger partial charge in [-0.3, -0.25) is 24.4 Å². The third kappa shape index (κ3) is 8.36. The molecule has 7 aromatic carbocycles. The SMILES string of the molecule is C=C1C=CC=C2B3c4c(cc(-c5ccccn5)cc4-n4c2c1c1c2cccnc2n(-c2ccccc2)c14)-n1c2c(c4cccc3c41)-c1cc(-c3cccc(N4C5=C(C6CCCNC64)C4CCCC6B7C8CCNC9C%10=C(C(c%11ccccc%11)C%11CCCCC%10%11)N(C%10CC(c%11ccccn%11)CC(C7%10)N5C64)C89)c3)ccc1C2c1ccccc1. The molecule has 3 saturated carbocycles. The van der Waals surface area contributed by atoms with Crippen LogP contribution in [0.3, 0.4) is 0 Å². The predicted octanol–water partition coefficient (Wildman–Crippen LogP) is 19.3. The molecule has 28 rings (SSSR count). The minimum atomic E-state index is -0.0994. The third-order valence-corrected chi connectivity index (χ3v) is 32.5. The number of piperidine rings is 2. The lowest BCUT2D eigenvalue weighted by Crippen LogP contribution is -2.74. The summed E-state index contributed by atoms with van der Waals surface area (Å²) in [5.74, 6) is 6.75. The lowest BCUT2D eigenvalue weighted by molar-refractivity contribution is 0.00983. The second-order valence-electron chi connectivity index (χ2n) is 37.1. The Kier molecular flexibility index (Phi) is 13.4. The first-order chi connectivity index (χ1) is 57.6. The quantitative estimate of drug-likeness (QED) is 0.153. The molecule has 0 radical (unpaired) electrons. The largest absolute Gasteiger partial charge is 0.367 e. The predicted molar refractivity (Wildman–Crippen MR) is 469 cm³/mol. The summed E-state index contributed by atoms with van der Waals surface area (Å²) in [5, 5.41) is 12.4. The highest BCUT2D eigenvalue weighted by Crippen LogP contribution is 2.72. The van der Waals surface area contributed by atoms with Crippen molar-refractivity contribution in [2.45, 2.75) is 149 Å². The van der Waals surface area contributed by atoms with Crippen LogP contribution in [-0.2, 0) is 0 Å². The Morgan fingerprint density at radius 3 is 2.14 bits per heavy atom. The lowest BCUT2D eigenvalue weighted by Gasteiger charge is -2.68. The van der Waals surface area contributed by atoms with Gasteiger partial charge in [-0.15, -0.1) is 0 Å². The van der Waals surface area contributed by atoms with Crippen LogP contribution in [0.5, 0.6) is 0 Å². The van der Waals surface area contributed by atoms with Gasteiger partial charge in [-0.1, -0.05) is 184 Å². The molecule has 4 saturated heterocycles. The smallest absolute Gasteiger partial charge is 0.252 e.